The quantitative estimate of drug-likeness (QED) is 0.457. The van der Waals surface area contributed by atoms with Crippen molar-refractivity contribution >= 4 is 23.7 Å². The average molecular weight is 497 g/mol. The van der Waals surface area contributed by atoms with E-state index in [0.717, 1.165) is 43.0 Å². The summed E-state index contributed by atoms with van der Waals surface area (Å²) in [5, 5.41) is 14.3. The van der Waals surface area contributed by atoms with Gasteiger partial charge in [-0.15, -0.1) is 10.2 Å². The second-order valence-electron chi connectivity index (χ2n) is 8.43. The van der Waals surface area contributed by atoms with Crippen molar-refractivity contribution in [3.05, 3.63) is 71.8 Å². The van der Waals surface area contributed by atoms with Gasteiger partial charge in [0.15, 0.2) is 11.0 Å². The molecule has 3 aromatic rings. The Morgan fingerprint density at radius 3 is 2.46 bits per heavy atom. The first-order valence-electron chi connectivity index (χ1n) is 11.7. The molecule has 10 heteroatoms. The minimum atomic E-state index is -0.557. The first-order chi connectivity index (χ1) is 17.0. The number of carbonyl (C=O) groups excluding carboxylic acids is 2. The van der Waals surface area contributed by atoms with Gasteiger partial charge in [0.1, 0.15) is 5.82 Å². The largest absolute Gasteiger partial charge is 0.334 e. The summed E-state index contributed by atoms with van der Waals surface area (Å²) < 4.78 is 15.4. The second kappa shape index (κ2) is 11.9. The molecule has 1 aliphatic rings. The van der Waals surface area contributed by atoms with Crippen LogP contribution in [0.4, 0.5) is 9.18 Å². The zero-order valence-corrected chi connectivity index (χ0v) is 20.4. The number of imide groups is 1. The van der Waals surface area contributed by atoms with Crippen molar-refractivity contribution in [2.24, 2.45) is 0 Å². The molecule has 2 heterocycles. The second-order valence-corrected chi connectivity index (χ2v) is 9.37. The van der Waals surface area contributed by atoms with Gasteiger partial charge in [-0.25, -0.2) is 9.18 Å². The smallest absolute Gasteiger partial charge is 0.321 e. The van der Waals surface area contributed by atoms with Crippen LogP contribution in [0.3, 0.4) is 0 Å². The molecule has 0 radical (unpaired) electrons. The van der Waals surface area contributed by atoms with Crippen molar-refractivity contribution in [1.82, 2.24) is 30.3 Å². The van der Waals surface area contributed by atoms with Gasteiger partial charge in [-0.1, -0.05) is 48.5 Å². The normalized spacial score (nSPS) is 14.9. The number of piperidine rings is 1. The Morgan fingerprint density at radius 1 is 1.03 bits per heavy atom. The van der Waals surface area contributed by atoms with Crippen molar-refractivity contribution in [2.75, 3.05) is 18.8 Å². The number of thioether (sulfide) groups is 1. The van der Waals surface area contributed by atoms with Gasteiger partial charge in [0.25, 0.3) is 0 Å². The minimum Gasteiger partial charge on any atom is -0.334 e. The van der Waals surface area contributed by atoms with Crippen LogP contribution >= 0.6 is 11.8 Å². The number of likely N-dealkylation sites (tertiary alicyclic amines) is 1. The monoisotopic (exact) mass is 496 g/mol. The summed E-state index contributed by atoms with van der Waals surface area (Å²) in [6, 6.07) is 15.0. The molecule has 1 aliphatic heterocycles. The zero-order valence-electron chi connectivity index (χ0n) is 19.6. The maximum absolute atomic E-state index is 13.6. The molecule has 0 bridgehead atoms. The predicted molar refractivity (Wildman–Crippen MR) is 133 cm³/mol. The summed E-state index contributed by atoms with van der Waals surface area (Å²) in [6.45, 7) is 4.39. The summed E-state index contributed by atoms with van der Waals surface area (Å²) in [5.41, 5.74) is 1.66. The fourth-order valence-corrected chi connectivity index (χ4v) is 4.82. The first kappa shape index (κ1) is 24.9. The maximum Gasteiger partial charge on any atom is 0.321 e. The molecule has 3 amide bonds. The number of hydrogen-bond acceptors (Lipinski definition) is 6. The standard InChI is InChI=1S/C25H29FN6O2S/c1-18(31-14-6-3-7-15-31)23-29-30-25(32(23)21-12-10-20(26)11-13-21)35-17-22(33)28-24(34)27-16-19-8-4-2-5-9-19/h2,4-5,8-13,18H,3,6-7,14-17H2,1H3,(H2,27,28,33,34). The number of hydrogen-bond donors (Lipinski definition) is 2. The maximum atomic E-state index is 13.6. The molecule has 0 spiro atoms. The first-order valence-corrected chi connectivity index (χ1v) is 12.7. The molecule has 8 nitrogen and oxygen atoms in total. The highest BCUT2D eigenvalue weighted by molar-refractivity contribution is 7.99. The fourth-order valence-electron chi connectivity index (χ4n) is 4.06. The molecule has 2 N–H and O–H groups in total. The van der Waals surface area contributed by atoms with E-state index < -0.39 is 11.9 Å². The molecule has 2 aromatic carbocycles. The van der Waals surface area contributed by atoms with Crippen LogP contribution in [0.1, 0.15) is 43.6 Å². The topological polar surface area (TPSA) is 92.1 Å². The van der Waals surface area contributed by atoms with Crippen LogP contribution in [0.25, 0.3) is 5.69 Å². The Kier molecular flexibility index (Phi) is 8.49. The Hall–Kier alpha value is -3.24. The van der Waals surface area contributed by atoms with Crippen LogP contribution < -0.4 is 10.6 Å². The lowest BCUT2D eigenvalue weighted by atomic mass is 10.1. The molecule has 35 heavy (non-hydrogen) atoms. The van der Waals surface area contributed by atoms with E-state index in [4.69, 9.17) is 0 Å². The minimum absolute atomic E-state index is 0.0137. The Labute approximate surface area is 208 Å². The highest BCUT2D eigenvalue weighted by atomic mass is 32.2. The van der Waals surface area contributed by atoms with Crippen molar-refractivity contribution in [3.63, 3.8) is 0 Å². The van der Waals surface area contributed by atoms with Gasteiger partial charge in [-0.05, 0) is 62.7 Å². The molecule has 1 unspecified atom stereocenters. The van der Waals surface area contributed by atoms with Gasteiger partial charge >= 0.3 is 6.03 Å². The summed E-state index contributed by atoms with van der Waals surface area (Å²) in [4.78, 5) is 26.9. The van der Waals surface area contributed by atoms with Gasteiger partial charge in [0, 0.05) is 12.2 Å². The van der Waals surface area contributed by atoms with Crippen molar-refractivity contribution in [3.8, 4) is 5.69 Å². The molecular weight excluding hydrogens is 467 g/mol. The third-order valence-corrected chi connectivity index (χ3v) is 6.87. The van der Waals surface area contributed by atoms with Gasteiger partial charge in [-0.3, -0.25) is 19.6 Å². The Balaban J connectivity index is 1.42. The van der Waals surface area contributed by atoms with Crippen molar-refractivity contribution in [1.29, 1.82) is 0 Å². The van der Waals surface area contributed by atoms with E-state index in [2.05, 4.69) is 32.7 Å². The molecule has 4 rings (SSSR count). The molecule has 1 atom stereocenters. The van der Waals surface area contributed by atoms with E-state index in [1.807, 2.05) is 34.9 Å². The SMILES string of the molecule is CC(c1nnc(SCC(=O)NC(=O)NCc2ccccc2)n1-c1ccc(F)cc1)N1CCCCC1. The lowest BCUT2D eigenvalue weighted by Crippen LogP contribution is -2.40. The lowest BCUT2D eigenvalue weighted by molar-refractivity contribution is -0.117. The van der Waals surface area contributed by atoms with E-state index >= 15 is 0 Å². The predicted octanol–water partition coefficient (Wildman–Crippen LogP) is 4.07. The van der Waals surface area contributed by atoms with E-state index in [0.29, 0.717) is 11.7 Å². The highest BCUT2D eigenvalue weighted by Crippen LogP contribution is 2.29. The molecule has 1 saturated heterocycles. The number of urea groups is 1. The van der Waals surface area contributed by atoms with E-state index in [-0.39, 0.29) is 17.6 Å². The van der Waals surface area contributed by atoms with Crippen LogP contribution in [0.5, 0.6) is 0 Å². The Bertz CT molecular complexity index is 1130. The molecule has 184 valence electrons. The number of benzene rings is 2. The number of amides is 3. The third kappa shape index (κ3) is 6.67. The van der Waals surface area contributed by atoms with Gasteiger partial charge in [0.2, 0.25) is 5.91 Å². The van der Waals surface area contributed by atoms with Crippen molar-refractivity contribution in [2.45, 2.75) is 43.9 Å². The van der Waals surface area contributed by atoms with E-state index in [1.165, 1.54) is 30.3 Å². The summed E-state index contributed by atoms with van der Waals surface area (Å²) in [7, 11) is 0. The number of nitrogens with zero attached hydrogens (tertiary/aromatic N) is 4. The van der Waals surface area contributed by atoms with Gasteiger partial charge in [0.05, 0.1) is 11.8 Å². The molecular formula is C25H29FN6O2S. The molecule has 1 aromatic heterocycles. The van der Waals surface area contributed by atoms with Crippen LogP contribution in [0, 0.1) is 5.82 Å². The molecule has 0 saturated carbocycles. The van der Waals surface area contributed by atoms with Crippen LogP contribution in [0.15, 0.2) is 59.8 Å². The van der Waals surface area contributed by atoms with Gasteiger partial charge < -0.3 is 5.32 Å². The third-order valence-electron chi connectivity index (χ3n) is 5.94. The average Bonchev–Trinajstić information content (AvgIpc) is 3.31. The number of nitrogens with one attached hydrogen (secondary N) is 2. The summed E-state index contributed by atoms with van der Waals surface area (Å²) in [6.07, 6.45) is 3.51. The zero-order chi connectivity index (χ0) is 24.6. The lowest BCUT2D eigenvalue weighted by Gasteiger charge is -2.31. The molecule has 0 aliphatic carbocycles. The van der Waals surface area contributed by atoms with Crippen LogP contribution in [-0.2, 0) is 11.3 Å². The van der Waals surface area contributed by atoms with Crippen LogP contribution in [-0.4, -0.2) is 50.4 Å². The Morgan fingerprint density at radius 2 is 1.74 bits per heavy atom. The van der Waals surface area contributed by atoms with E-state index in [1.54, 1.807) is 12.1 Å². The summed E-state index contributed by atoms with van der Waals surface area (Å²) >= 11 is 1.18. The fraction of sp³-hybridized carbons (Fsp3) is 0.360. The van der Waals surface area contributed by atoms with E-state index in [9.17, 15) is 14.0 Å². The number of rotatable bonds is 8. The van der Waals surface area contributed by atoms with Gasteiger partial charge in [-0.2, -0.15) is 0 Å². The molecule has 1 fully saturated rings. The highest BCUT2D eigenvalue weighted by Gasteiger charge is 2.26. The number of aromatic nitrogens is 3. The van der Waals surface area contributed by atoms with Crippen LogP contribution in [0.2, 0.25) is 0 Å². The number of halogens is 1. The summed E-state index contributed by atoms with van der Waals surface area (Å²) in [5.74, 6) is -0.0553. The van der Waals surface area contributed by atoms with Crippen molar-refractivity contribution < 1.29 is 14.0 Å². The number of carbonyl (C=O) groups is 2.